The average molecular weight is 335 g/mol. The third-order valence-electron chi connectivity index (χ3n) is 4.20. The van der Waals surface area contributed by atoms with Gasteiger partial charge in [0.1, 0.15) is 5.54 Å². The molecule has 2 heterocycles. The molecule has 122 valence electrons. The largest absolute Gasteiger partial charge is 0.480 e. The van der Waals surface area contributed by atoms with E-state index in [-0.39, 0.29) is 11.6 Å². The van der Waals surface area contributed by atoms with Crippen molar-refractivity contribution >= 4 is 16.0 Å². The van der Waals surface area contributed by atoms with Crippen LogP contribution in [0.5, 0.6) is 0 Å². The van der Waals surface area contributed by atoms with E-state index in [1.54, 1.807) is 24.3 Å². The number of aromatic nitrogens is 2. The number of carbonyl (C=O) groups is 1. The molecule has 0 unspecified atom stereocenters. The molecule has 1 aliphatic rings. The molecule has 1 aliphatic heterocycles. The summed E-state index contributed by atoms with van der Waals surface area (Å²) in [5.41, 5.74) is -0.822. The smallest absolute Gasteiger partial charge is 0.324 e. The third-order valence-corrected chi connectivity index (χ3v) is 6.20. The van der Waals surface area contributed by atoms with Crippen LogP contribution >= 0.6 is 0 Å². The fourth-order valence-electron chi connectivity index (χ4n) is 2.90. The van der Waals surface area contributed by atoms with E-state index in [1.165, 1.54) is 23.9 Å². The van der Waals surface area contributed by atoms with E-state index in [0.717, 1.165) is 4.31 Å². The molecular formula is C15H17N3O4S. The summed E-state index contributed by atoms with van der Waals surface area (Å²) >= 11 is 0. The minimum atomic E-state index is -3.97. The lowest BCUT2D eigenvalue weighted by Crippen LogP contribution is -2.50. The average Bonchev–Trinajstić information content (AvgIpc) is 3.16. The van der Waals surface area contributed by atoms with Crippen molar-refractivity contribution in [2.24, 2.45) is 0 Å². The molecule has 0 spiro atoms. The van der Waals surface area contributed by atoms with Crippen molar-refractivity contribution < 1.29 is 18.3 Å². The Kier molecular flexibility index (Phi) is 3.73. The van der Waals surface area contributed by atoms with Crippen LogP contribution in [0.15, 0.2) is 47.6 Å². The van der Waals surface area contributed by atoms with Gasteiger partial charge in [-0.1, -0.05) is 18.2 Å². The summed E-state index contributed by atoms with van der Waals surface area (Å²) in [5, 5.41) is 13.5. The highest BCUT2D eigenvalue weighted by atomic mass is 32.2. The quantitative estimate of drug-likeness (QED) is 0.914. The number of hydrogen-bond donors (Lipinski definition) is 1. The van der Waals surface area contributed by atoms with Crippen molar-refractivity contribution in [3.63, 3.8) is 0 Å². The zero-order valence-corrected chi connectivity index (χ0v) is 13.4. The SMILES string of the molecule is C[C@@]1(C(=O)O)CCCN1S(=O)(=O)c1ccnn1-c1ccccc1. The number of hydrogen-bond acceptors (Lipinski definition) is 4. The van der Waals surface area contributed by atoms with Gasteiger partial charge in [0.25, 0.3) is 10.0 Å². The Morgan fingerprint density at radius 1 is 1.26 bits per heavy atom. The lowest BCUT2D eigenvalue weighted by atomic mass is 10.0. The standard InChI is InChI=1S/C15H17N3O4S/c1-15(14(19)20)9-5-11-17(15)23(21,22)13-8-10-16-18(13)12-6-3-2-4-7-12/h2-4,6-8,10H,5,9,11H2,1H3,(H,19,20)/t15-/m0/s1. The maximum atomic E-state index is 13.0. The van der Waals surface area contributed by atoms with Gasteiger partial charge in [-0.05, 0) is 38.0 Å². The first-order chi connectivity index (χ1) is 10.9. The molecule has 1 N–H and O–H groups in total. The van der Waals surface area contributed by atoms with Gasteiger partial charge in [0.15, 0.2) is 5.03 Å². The summed E-state index contributed by atoms with van der Waals surface area (Å²) in [5.74, 6) is -1.13. The first-order valence-electron chi connectivity index (χ1n) is 7.23. The zero-order chi connectivity index (χ0) is 16.7. The highest BCUT2D eigenvalue weighted by Gasteiger charge is 2.50. The van der Waals surface area contributed by atoms with Gasteiger partial charge in [-0.15, -0.1) is 0 Å². The Hall–Kier alpha value is -2.19. The van der Waals surface area contributed by atoms with Gasteiger partial charge >= 0.3 is 5.97 Å². The van der Waals surface area contributed by atoms with Gasteiger partial charge in [-0.25, -0.2) is 13.1 Å². The van der Waals surface area contributed by atoms with Gasteiger partial charge in [0.05, 0.1) is 11.9 Å². The van der Waals surface area contributed by atoms with Crippen LogP contribution in [0.2, 0.25) is 0 Å². The number of nitrogens with zero attached hydrogens (tertiary/aromatic N) is 3. The number of benzene rings is 1. The van der Waals surface area contributed by atoms with E-state index in [1.807, 2.05) is 6.07 Å². The van der Waals surface area contributed by atoms with Crippen LogP contribution in [0.1, 0.15) is 19.8 Å². The van der Waals surface area contributed by atoms with Gasteiger partial charge in [0.2, 0.25) is 0 Å². The second kappa shape index (κ2) is 5.47. The summed E-state index contributed by atoms with van der Waals surface area (Å²) in [4.78, 5) is 11.6. The van der Waals surface area contributed by atoms with Crippen molar-refractivity contribution in [2.45, 2.75) is 30.3 Å². The molecule has 23 heavy (non-hydrogen) atoms. The second-order valence-corrected chi connectivity index (χ2v) is 7.49. The fraction of sp³-hybridized carbons (Fsp3) is 0.333. The Labute approximate surface area is 134 Å². The summed E-state index contributed by atoms with van der Waals surface area (Å²) in [6.07, 6.45) is 2.20. The summed E-state index contributed by atoms with van der Waals surface area (Å²) in [6.45, 7) is 1.63. The number of carboxylic acids is 1. The molecule has 0 amide bonds. The van der Waals surface area contributed by atoms with Gasteiger partial charge in [-0.2, -0.15) is 9.40 Å². The highest BCUT2D eigenvalue weighted by molar-refractivity contribution is 7.89. The molecule has 0 aliphatic carbocycles. The maximum absolute atomic E-state index is 13.0. The molecule has 1 fully saturated rings. The lowest BCUT2D eigenvalue weighted by molar-refractivity contribution is -0.146. The first kappa shape index (κ1) is 15.7. The lowest BCUT2D eigenvalue weighted by Gasteiger charge is -2.30. The molecular weight excluding hydrogens is 318 g/mol. The predicted molar refractivity (Wildman–Crippen MR) is 82.7 cm³/mol. The van der Waals surface area contributed by atoms with Crippen LogP contribution in [0.3, 0.4) is 0 Å². The van der Waals surface area contributed by atoms with E-state index in [2.05, 4.69) is 5.10 Å². The van der Waals surface area contributed by atoms with Crippen LogP contribution in [0, 0.1) is 0 Å². The van der Waals surface area contributed by atoms with E-state index in [4.69, 9.17) is 0 Å². The van der Waals surface area contributed by atoms with Crippen LogP contribution in [0.4, 0.5) is 0 Å². The van der Waals surface area contributed by atoms with E-state index in [0.29, 0.717) is 18.5 Å². The molecule has 1 aromatic carbocycles. The number of sulfonamides is 1. The van der Waals surface area contributed by atoms with E-state index in [9.17, 15) is 18.3 Å². The van der Waals surface area contributed by atoms with E-state index < -0.39 is 21.5 Å². The number of carboxylic acid groups (broad SMARTS) is 1. The Morgan fingerprint density at radius 3 is 2.61 bits per heavy atom. The molecule has 1 atom stereocenters. The third kappa shape index (κ3) is 2.43. The second-order valence-electron chi connectivity index (χ2n) is 5.68. The van der Waals surface area contributed by atoms with Crippen molar-refractivity contribution in [2.75, 3.05) is 6.54 Å². The molecule has 0 saturated carbocycles. The number of aliphatic carboxylic acids is 1. The Balaban J connectivity index is 2.09. The number of para-hydroxylation sites is 1. The predicted octanol–water partition coefficient (Wildman–Crippen LogP) is 1.50. The number of rotatable bonds is 4. The van der Waals surface area contributed by atoms with E-state index >= 15 is 0 Å². The highest BCUT2D eigenvalue weighted by Crippen LogP contribution is 2.35. The minimum absolute atomic E-state index is 0.0296. The van der Waals surface area contributed by atoms with Gasteiger partial charge < -0.3 is 5.11 Å². The molecule has 3 rings (SSSR count). The van der Waals surface area contributed by atoms with Crippen LogP contribution in [-0.2, 0) is 14.8 Å². The molecule has 7 nitrogen and oxygen atoms in total. The Morgan fingerprint density at radius 2 is 1.96 bits per heavy atom. The van der Waals surface area contributed by atoms with Gasteiger partial charge in [-0.3, -0.25) is 4.79 Å². The summed E-state index contributed by atoms with van der Waals surface area (Å²) in [6, 6.07) is 10.3. The fourth-order valence-corrected chi connectivity index (χ4v) is 4.80. The van der Waals surface area contributed by atoms with Crippen LogP contribution < -0.4 is 0 Å². The normalized spacial score (nSPS) is 22.3. The van der Waals surface area contributed by atoms with Crippen molar-refractivity contribution in [3.8, 4) is 5.69 Å². The van der Waals surface area contributed by atoms with Crippen LogP contribution in [0.25, 0.3) is 5.69 Å². The zero-order valence-electron chi connectivity index (χ0n) is 12.6. The van der Waals surface area contributed by atoms with Crippen molar-refractivity contribution in [3.05, 3.63) is 42.6 Å². The van der Waals surface area contributed by atoms with Crippen molar-refractivity contribution in [1.29, 1.82) is 0 Å². The Bertz CT molecular complexity index is 831. The first-order valence-corrected chi connectivity index (χ1v) is 8.67. The molecule has 2 aromatic rings. The van der Waals surface area contributed by atoms with Crippen molar-refractivity contribution in [1.82, 2.24) is 14.1 Å². The molecule has 0 radical (unpaired) electrons. The topological polar surface area (TPSA) is 92.5 Å². The molecule has 0 bridgehead atoms. The summed E-state index contributed by atoms with van der Waals surface area (Å²) < 4.78 is 28.4. The minimum Gasteiger partial charge on any atom is -0.480 e. The maximum Gasteiger partial charge on any atom is 0.324 e. The van der Waals surface area contributed by atoms with Gasteiger partial charge in [0, 0.05) is 6.54 Å². The molecule has 8 heteroatoms. The molecule has 1 saturated heterocycles. The monoisotopic (exact) mass is 335 g/mol. The molecule has 1 aromatic heterocycles. The summed E-state index contributed by atoms with van der Waals surface area (Å²) in [7, 11) is -3.97. The van der Waals surface area contributed by atoms with Crippen LogP contribution in [-0.4, -0.2) is 45.7 Å².